The molecule has 1 unspecified atom stereocenters. The Hall–Kier alpha value is -2.94. The minimum absolute atomic E-state index is 0.0471. The molecule has 25 heavy (non-hydrogen) atoms. The number of carbonyl (C=O) groups excluding carboxylic acids is 1. The maximum absolute atomic E-state index is 12.5. The van der Waals surface area contributed by atoms with Gasteiger partial charge in [-0.2, -0.15) is 0 Å². The Labute approximate surface area is 147 Å². The van der Waals surface area contributed by atoms with Crippen molar-refractivity contribution in [1.82, 2.24) is 5.32 Å². The number of thioether (sulfide) groups is 1. The highest BCUT2D eigenvalue weighted by Gasteiger charge is 2.22. The molecule has 0 fully saturated rings. The molecule has 0 aliphatic carbocycles. The fourth-order valence-electron chi connectivity index (χ4n) is 2.25. The van der Waals surface area contributed by atoms with Crippen molar-refractivity contribution in [1.29, 1.82) is 0 Å². The molecule has 0 bridgehead atoms. The molecule has 2 rings (SSSR count). The Kier molecular flexibility index (Phi) is 5.71. The maximum atomic E-state index is 12.5. The summed E-state index contributed by atoms with van der Waals surface area (Å²) < 4.78 is 0. The SMILES string of the molecule is CSc1ccc([N+](=O)[O-])c(C(=O)NC(C)c2cccc([N+](=O)[O-])c2)c1. The molecule has 2 aromatic carbocycles. The number of nitrogens with one attached hydrogen (secondary N) is 1. The van der Waals surface area contributed by atoms with Crippen LogP contribution >= 0.6 is 11.8 Å². The minimum Gasteiger partial charge on any atom is -0.345 e. The normalized spacial score (nSPS) is 11.6. The lowest BCUT2D eigenvalue weighted by Gasteiger charge is -2.14. The monoisotopic (exact) mass is 361 g/mol. The summed E-state index contributed by atoms with van der Waals surface area (Å²) in [5.41, 5.74) is 0.107. The van der Waals surface area contributed by atoms with Crippen LogP contribution in [0.1, 0.15) is 28.9 Å². The number of amides is 1. The number of nitro groups is 2. The van der Waals surface area contributed by atoms with Crippen LogP contribution in [-0.2, 0) is 0 Å². The molecule has 0 aliphatic rings. The molecule has 9 heteroatoms. The smallest absolute Gasteiger partial charge is 0.282 e. The van der Waals surface area contributed by atoms with E-state index in [4.69, 9.17) is 0 Å². The van der Waals surface area contributed by atoms with Gasteiger partial charge in [0.25, 0.3) is 17.3 Å². The summed E-state index contributed by atoms with van der Waals surface area (Å²) in [6, 6.07) is 9.64. The van der Waals surface area contributed by atoms with Crippen molar-refractivity contribution >= 4 is 29.0 Å². The molecule has 0 aromatic heterocycles. The van der Waals surface area contributed by atoms with Gasteiger partial charge in [0.1, 0.15) is 5.56 Å². The second-order valence-electron chi connectivity index (χ2n) is 5.19. The molecule has 1 N–H and O–H groups in total. The van der Waals surface area contributed by atoms with Crippen LogP contribution in [0.15, 0.2) is 47.4 Å². The van der Waals surface area contributed by atoms with E-state index in [-0.39, 0.29) is 16.9 Å². The average molecular weight is 361 g/mol. The van der Waals surface area contributed by atoms with Crippen molar-refractivity contribution in [3.05, 3.63) is 73.8 Å². The summed E-state index contributed by atoms with van der Waals surface area (Å²) >= 11 is 1.36. The number of non-ortho nitro benzene ring substituents is 1. The van der Waals surface area contributed by atoms with Crippen LogP contribution in [0.3, 0.4) is 0 Å². The summed E-state index contributed by atoms with van der Waals surface area (Å²) in [6.07, 6.45) is 1.80. The summed E-state index contributed by atoms with van der Waals surface area (Å²) in [6.45, 7) is 1.65. The van der Waals surface area contributed by atoms with Gasteiger partial charge in [0.05, 0.1) is 15.9 Å². The third kappa shape index (κ3) is 4.32. The lowest BCUT2D eigenvalue weighted by molar-refractivity contribution is -0.385. The third-order valence-corrected chi connectivity index (χ3v) is 4.30. The van der Waals surface area contributed by atoms with Gasteiger partial charge in [-0.25, -0.2) is 0 Å². The number of nitrogens with zero attached hydrogens (tertiary/aromatic N) is 2. The molecule has 0 radical (unpaired) electrons. The molecule has 1 amide bonds. The average Bonchev–Trinajstić information content (AvgIpc) is 2.60. The predicted octanol–water partition coefficient (Wildman–Crippen LogP) is 3.72. The van der Waals surface area contributed by atoms with Gasteiger partial charge >= 0.3 is 0 Å². The number of hydrogen-bond acceptors (Lipinski definition) is 6. The minimum atomic E-state index is -0.614. The first kappa shape index (κ1) is 18.4. The first-order valence-corrected chi connectivity index (χ1v) is 8.43. The van der Waals surface area contributed by atoms with Crippen molar-refractivity contribution in [3.63, 3.8) is 0 Å². The van der Waals surface area contributed by atoms with Crippen LogP contribution in [0.4, 0.5) is 11.4 Å². The molecule has 8 nitrogen and oxygen atoms in total. The van der Waals surface area contributed by atoms with Crippen LogP contribution in [0, 0.1) is 20.2 Å². The van der Waals surface area contributed by atoms with Gasteiger partial charge in [-0.1, -0.05) is 12.1 Å². The Balaban J connectivity index is 2.28. The van der Waals surface area contributed by atoms with Crippen LogP contribution in [0.5, 0.6) is 0 Å². The molecule has 0 heterocycles. The molecule has 1 atom stereocenters. The standard InChI is InChI=1S/C16H15N3O5S/c1-10(11-4-3-5-12(8-11)18(21)22)17-16(20)14-9-13(25-2)6-7-15(14)19(23)24/h3-10H,1-2H3,(H,17,20). The molecular formula is C16H15N3O5S. The fraction of sp³-hybridized carbons (Fsp3) is 0.188. The first-order valence-electron chi connectivity index (χ1n) is 7.21. The van der Waals surface area contributed by atoms with Crippen molar-refractivity contribution in [3.8, 4) is 0 Å². The van der Waals surface area contributed by atoms with E-state index in [1.807, 2.05) is 0 Å². The van der Waals surface area contributed by atoms with Crippen LogP contribution < -0.4 is 5.32 Å². The van der Waals surface area contributed by atoms with E-state index < -0.39 is 21.8 Å². The molecular weight excluding hydrogens is 346 g/mol. The molecule has 0 aliphatic heterocycles. The van der Waals surface area contributed by atoms with Gasteiger partial charge in [0.2, 0.25) is 0 Å². The zero-order chi connectivity index (χ0) is 18.6. The second-order valence-corrected chi connectivity index (χ2v) is 6.07. The number of nitro benzene ring substituents is 2. The van der Waals surface area contributed by atoms with Crippen molar-refractivity contribution < 1.29 is 14.6 Å². The summed E-state index contributed by atoms with van der Waals surface area (Å²) in [5, 5.41) is 24.6. The van der Waals surface area contributed by atoms with E-state index in [2.05, 4.69) is 5.32 Å². The summed E-state index contributed by atoms with van der Waals surface area (Å²) in [4.78, 5) is 34.1. The van der Waals surface area contributed by atoms with E-state index >= 15 is 0 Å². The van der Waals surface area contributed by atoms with E-state index in [1.54, 1.807) is 25.3 Å². The lowest BCUT2D eigenvalue weighted by Crippen LogP contribution is -2.27. The third-order valence-electron chi connectivity index (χ3n) is 3.57. The molecule has 130 valence electrons. The Morgan fingerprint density at radius 3 is 2.44 bits per heavy atom. The van der Waals surface area contributed by atoms with Crippen molar-refractivity contribution in [2.75, 3.05) is 6.26 Å². The quantitative estimate of drug-likeness (QED) is 0.476. The first-order chi connectivity index (χ1) is 11.8. The van der Waals surface area contributed by atoms with Crippen molar-refractivity contribution in [2.45, 2.75) is 17.9 Å². The molecule has 0 saturated carbocycles. The highest BCUT2D eigenvalue weighted by molar-refractivity contribution is 7.98. The summed E-state index contributed by atoms with van der Waals surface area (Å²) in [7, 11) is 0. The van der Waals surface area contributed by atoms with Gasteiger partial charge in [0.15, 0.2) is 0 Å². The largest absolute Gasteiger partial charge is 0.345 e. The molecule has 0 spiro atoms. The number of benzene rings is 2. The van der Waals surface area contributed by atoms with Crippen LogP contribution in [0.2, 0.25) is 0 Å². The van der Waals surface area contributed by atoms with Crippen molar-refractivity contribution in [2.24, 2.45) is 0 Å². The van der Waals surface area contributed by atoms with E-state index in [9.17, 15) is 25.0 Å². The van der Waals surface area contributed by atoms with Gasteiger partial charge in [-0.05, 0) is 30.9 Å². The zero-order valence-electron chi connectivity index (χ0n) is 13.5. The number of carbonyl (C=O) groups is 1. The topological polar surface area (TPSA) is 115 Å². The number of rotatable bonds is 6. The van der Waals surface area contributed by atoms with E-state index in [1.165, 1.54) is 42.1 Å². The van der Waals surface area contributed by atoms with Gasteiger partial charge in [-0.3, -0.25) is 25.0 Å². The molecule has 0 saturated heterocycles. The summed E-state index contributed by atoms with van der Waals surface area (Å²) in [5.74, 6) is -0.610. The van der Waals surface area contributed by atoms with Crippen LogP contribution in [-0.4, -0.2) is 22.0 Å². The maximum Gasteiger partial charge on any atom is 0.282 e. The molecule has 2 aromatic rings. The van der Waals surface area contributed by atoms with Gasteiger partial charge < -0.3 is 5.32 Å². The van der Waals surface area contributed by atoms with E-state index in [0.29, 0.717) is 5.56 Å². The highest BCUT2D eigenvalue weighted by atomic mass is 32.2. The second kappa shape index (κ2) is 7.75. The predicted molar refractivity (Wildman–Crippen MR) is 93.9 cm³/mol. The van der Waals surface area contributed by atoms with Crippen LogP contribution in [0.25, 0.3) is 0 Å². The lowest BCUT2D eigenvalue weighted by atomic mass is 10.1. The Bertz CT molecular complexity index is 840. The van der Waals surface area contributed by atoms with Gasteiger partial charge in [0, 0.05) is 23.1 Å². The Morgan fingerprint density at radius 2 is 1.84 bits per heavy atom. The Morgan fingerprint density at radius 1 is 1.12 bits per heavy atom. The highest BCUT2D eigenvalue weighted by Crippen LogP contribution is 2.26. The van der Waals surface area contributed by atoms with Gasteiger partial charge in [-0.15, -0.1) is 11.8 Å². The number of hydrogen-bond donors (Lipinski definition) is 1. The zero-order valence-corrected chi connectivity index (χ0v) is 14.3. The van der Waals surface area contributed by atoms with E-state index in [0.717, 1.165) is 4.90 Å². The fourth-order valence-corrected chi connectivity index (χ4v) is 2.69.